The van der Waals surface area contributed by atoms with Gasteiger partial charge in [-0.25, -0.2) is 0 Å². The third kappa shape index (κ3) is 3.49. The minimum absolute atomic E-state index is 0.00124. The lowest BCUT2D eigenvalue weighted by Gasteiger charge is -2.33. The maximum absolute atomic E-state index is 12.5. The van der Waals surface area contributed by atoms with Crippen molar-refractivity contribution in [2.24, 2.45) is 0 Å². The van der Waals surface area contributed by atoms with Crippen LogP contribution in [0.4, 0.5) is 11.4 Å². The largest absolute Gasteiger partial charge is 0.378 e. The first-order valence-electron chi connectivity index (χ1n) is 8.15. The number of morpholine rings is 1. The average molecular weight is 334 g/mol. The summed E-state index contributed by atoms with van der Waals surface area (Å²) in [6, 6.07) is 4.81. The van der Waals surface area contributed by atoms with E-state index in [1.54, 1.807) is 17.0 Å². The van der Waals surface area contributed by atoms with Gasteiger partial charge < -0.3 is 19.4 Å². The van der Waals surface area contributed by atoms with Gasteiger partial charge in [0, 0.05) is 50.9 Å². The van der Waals surface area contributed by atoms with Crippen molar-refractivity contribution in [2.45, 2.75) is 0 Å². The maximum atomic E-state index is 12.5. The first kappa shape index (κ1) is 16.7. The average Bonchev–Trinajstić information content (AvgIpc) is 2.62. The van der Waals surface area contributed by atoms with Gasteiger partial charge in [-0.15, -0.1) is 0 Å². The lowest BCUT2D eigenvalue weighted by Crippen LogP contribution is -2.44. The second-order valence-electron chi connectivity index (χ2n) is 6.16. The summed E-state index contributed by atoms with van der Waals surface area (Å²) in [6.45, 7) is 5.28. The first-order chi connectivity index (χ1) is 11.6. The summed E-state index contributed by atoms with van der Waals surface area (Å²) in [6.07, 6.45) is 0. The Morgan fingerprint density at radius 2 is 1.79 bits per heavy atom. The SMILES string of the molecule is CN1CCN(c2ccc(C(=O)N3CCOCC3)cc2[N+](=O)[O-])CC1. The Hall–Kier alpha value is -2.19. The number of ether oxygens (including phenoxy) is 1. The summed E-state index contributed by atoms with van der Waals surface area (Å²) in [5.74, 6) is -0.175. The predicted molar refractivity (Wildman–Crippen MR) is 89.5 cm³/mol. The van der Waals surface area contributed by atoms with Crippen molar-refractivity contribution in [1.82, 2.24) is 9.80 Å². The highest BCUT2D eigenvalue weighted by molar-refractivity contribution is 5.96. The number of benzene rings is 1. The molecule has 0 N–H and O–H groups in total. The molecule has 1 aromatic rings. The number of carbonyl (C=O) groups is 1. The van der Waals surface area contributed by atoms with Crippen LogP contribution in [0.25, 0.3) is 0 Å². The van der Waals surface area contributed by atoms with Crippen LogP contribution in [0.3, 0.4) is 0 Å². The fraction of sp³-hybridized carbons (Fsp3) is 0.562. The molecule has 1 aromatic carbocycles. The number of nitrogens with zero attached hydrogens (tertiary/aromatic N) is 4. The predicted octanol–water partition coefficient (Wildman–Crippen LogP) is 0.819. The molecule has 2 fully saturated rings. The van der Waals surface area contributed by atoms with E-state index in [1.165, 1.54) is 6.07 Å². The summed E-state index contributed by atoms with van der Waals surface area (Å²) in [5, 5.41) is 11.5. The fourth-order valence-electron chi connectivity index (χ4n) is 3.07. The molecule has 0 atom stereocenters. The van der Waals surface area contributed by atoms with E-state index in [2.05, 4.69) is 4.90 Å². The van der Waals surface area contributed by atoms with Crippen molar-refractivity contribution < 1.29 is 14.5 Å². The van der Waals surface area contributed by atoms with E-state index in [-0.39, 0.29) is 11.6 Å². The molecule has 24 heavy (non-hydrogen) atoms. The Morgan fingerprint density at radius 3 is 2.42 bits per heavy atom. The van der Waals surface area contributed by atoms with Gasteiger partial charge in [0.05, 0.1) is 18.1 Å². The number of hydrogen-bond donors (Lipinski definition) is 0. The van der Waals surface area contributed by atoms with Crippen LogP contribution in [-0.2, 0) is 4.74 Å². The van der Waals surface area contributed by atoms with E-state index in [4.69, 9.17) is 4.74 Å². The molecule has 8 heteroatoms. The van der Waals surface area contributed by atoms with E-state index in [9.17, 15) is 14.9 Å². The number of anilines is 1. The van der Waals surface area contributed by atoms with Crippen molar-refractivity contribution in [2.75, 3.05) is 64.4 Å². The van der Waals surface area contributed by atoms with Gasteiger partial charge in [-0.05, 0) is 19.2 Å². The van der Waals surface area contributed by atoms with Gasteiger partial charge in [0.25, 0.3) is 11.6 Å². The molecule has 2 heterocycles. The second kappa shape index (κ2) is 7.14. The van der Waals surface area contributed by atoms with Crippen LogP contribution in [-0.4, -0.2) is 80.2 Å². The number of hydrogen-bond acceptors (Lipinski definition) is 6. The molecule has 0 spiro atoms. The zero-order chi connectivity index (χ0) is 17.1. The summed E-state index contributed by atoms with van der Waals surface area (Å²) < 4.78 is 5.24. The standard InChI is InChI=1S/C16H22N4O4/c1-17-4-6-18(7-5-17)14-3-2-13(12-15(14)20(22)23)16(21)19-8-10-24-11-9-19/h2-3,12H,4-11H2,1H3. The molecular weight excluding hydrogens is 312 g/mol. The number of carbonyl (C=O) groups excluding carboxylic acids is 1. The lowest BCUT2D eigenvalue weighted by atomic mass is 10.1. The van der Waals surface area contributed by atoms with Gasteiger partial charge in [0.15, 0.2) is 0 Å². The molecule has 0 aliphatic carbocycles. The molecule has 2 aliphatic heterocycles. The van der Waals surface area contributed by atoms with E-state index < -0.39 is 4.92 Å². The highest BCUT2D eigenvalue weighted by atomic mass is 16.6. The van der Waals surface area contributed by atoms with Crippen molar-refractivity contribution in [3.63, 3.8) is 0 Å². The molecule has 0 aromatic heterocycles. The van der Waals surface area contributed by atoms with Gasteiger partial charge in [-0.2, -0.15) is 0 Å². The lowest BCUT2D eigenvalue weighted by molar-refractivity contribution is -0.384. The van der Waals surface area contributed by atoms with Gasteiger partial charge in [-0.1, -0.05) is 0 Å². The Balaban J connectivity index is 1.84. The summed E-state index contributed by atoms with van der Waals surface area (Å²) >= 11 is 0. The fourth-order valence-corrected chi connectivity index (χ4v) is 3.07. The van der Waals surface area contributed by atoms with Gasteiger partial charge in [-0.3, -0.25) is 14.9 Å². The normalized spacial score (nSPS) is 19.4. The Kier molecular flexibility index (Phi) is 4.96. The van der Waals surface area contributed by atoms with Crippen molar-refractivity contribution >= 4 is 17.3 Å². The first-order valence-corrected chi connectivity index (χ1v) is 8.15. The monoisotopic (exact) mass is 334 g/mol. The number of amides is 1. The molecular formula is C16H22N4O4. The molecule has 1 amide bonds. The van der Waals surface area contributed by atoms with Crippen molar-refractivity contribution in [1.29, 1.82) is 0 Å². The van der Waals surface area contributed by atoms with Crippen molar-refractivity contribution in [3.05, 3.63) is 33.9 Å². The van der Waals surface area contributed by atoms with E-state index in [1.807, 2.05) is 11.9 Å². The number of likely N-dealkylation sites (N-methyl/N-ethyl adjacent to an activating group) is 1. The molecule has 8 nitrogen and oxygen atoms in total. The maximum Gasteiger partial charge on any atom is 0.293 e. The van der Waals surface area contributed by atoms with E-state index >= 15 is 0 Å². The van der Waals surface area contributed by atoms with E-state index in [0.717, 1.165) is 26.2 Å². The minimum Gasteiger partial charge on any atom is -0.378 e. The quantitative estimate of drug-likeness (QED) is 0.601. The van der Waals surface area contributed by atoms with Gasteiger partial charge in [0.2, 0.25) is 0 Å². The molecule has 0 unspecified atom stereocenters. The molecule has 130 valence electrons. The highest BCUT2D eigenvalue weighted by Crippen LogP contribution is 2.30. The van der Waals surface area contributed by atoms with Crippen LogP contribution >= 0.6 is 0 Å². The van der Waals surface area contributed by atoms with Gasteiger partial charge >= 0.3 is 0 Å². The summed E-state index contributed by atoms with van der Waals surface area (Å²) in [4.78, 5) is 29.5. The summed E-state index contributed by atoms with van der Waals surface area (Å²) in [5.41, 5.74) is 0.951. The van der Waals surface area contributed by atoms with Crippen LogP contribution in [0, 0.1) is 10.1 Å². The third-order valence-corrected chi connectivity index (χ3v) is 4.56. The van der Waals surface area contributed by atoms with Crippen molar-refractivity contribution in [3.8, 4) is 0 Å². The number of rotatable bonds is 3. The minimum atomic E-state index is -0.399. The third-order valence-electron chi connectivity index (χ3n) is 4.56. The Labute approximate surface area is 140 Å². The highest BCUT2D eigenvalue weighted by Gasteiger charge is 2.26. The van der Waals surface area contributed by atoms with Crippen LogP contribution in [0.15, 0.2) is 18.2 Å². The molecule has 0 bridgehead atoms. The van der Waals surface area contributed by atoms with Crippen LogP contribution in [0.1, 0.15) is 10.4 Å². The molecule has 3 rings (SSSR count). The number of piperazine rings is 1. The topological polar surface area (TPSA) is 79.2 Å². The van der Waals surface area contributed by atoms with E-state index in [0.29, 0.717) is 37.6 Å². The molecule has 2 aliphatic rings. The Bertz CT molecular complexity index is 623. The molecule has 0 saturated carbocycles. The molecule has 0 radical (unpaired) electrons. The van der Waals surface area contributed by atoms with Crippen LogP contribution < -0.4 is 4.90 Å². The zero-order valence-electron chi connectivity index (χ0n) is 13.8. The zero-order valence-corrected chi connectivity index (χ0v) is 13.8. The summed E-state index contributed by atoms with van der Waals surface area (Å²) in [7, 11) is 2.04. The second-order valence-corrected chi connectivity index (χ2v) is 6.16. The smallest absolute Gasteiger partial charge is 0.293 e. The molecule has 2 saturated heterocycles. The Morgan fingerprint density at radius 1 is 1.12 bits per heavy atom. The van der Waals surface area contributed by atoms with Crippen LogP contribution in [0.5, 0.6) is 0 Å². The van der Waals surface area contributed by atoms with Crippen LogP contribution in [0.2, 0.25) is 0 Å². The number of nitro groups is 1. The van der Waals surface area contributed by atoms with Gasteiger partial charge in [0.1, 0.15) is 5.69 Å². The number of nitro benzene ring substituents is 1.